The van der Waals surface area contributed by atoms with Crippen LogP contribution in [0.15, 0.2) is 23.0 Å². The van der Waals surface area contributed by atoms with Crippen LogP contribution in [0.25, 0.3) is 0 Å². The van der Waals surface area contributed by atoms with Crippen molar-refractivity contribution in [2.45, 2.75) is 85.4 Å². The lowest BCUT2D eigenvalue weighted by Gasteiger charge is -2.56. The molecule has 0 aromatic carbocycles. The van der Waals surface area contributed by atoms with Gasteiger partial charge in [-0.15, -0.1) is 0 Å². The number of carbonyl (C=O) groups excluding carboxylic acids is 3. The molecule has 156 valence electrons. The van der Waals surface area contributed by atoms with Gasteiger partial charge in [-0.05, 0) is 64.0 Å². The molecule has 28 heavy (non-hydrogen) atoms. The number of rotatable bonds is 4. The van der Waals surface area contributed by atoms with Gasteiger partial charge < -0.3 is 14.6 Å². The van der Waals surface area contributed by atoms with E-state index in [4.69, 9.17) is 9.47 Å². The maximum atomic E-state index is 12.7. The standard InChI is InChI=1S/C22H32O6/c1-13(2)16-11-18-21(5,12-17(16)25)10-9-19(22(18,6)28-15(4)24)27-20(26)8-7-14(3)23/h7,18-19,23H,8-12H2,1-6H3/b14-7-/t18-,19+,21-,22+/m1/s1. The normalized spacial score (nSPS) is 33.1. The van der Waals surface area contributed by atoms with Gasteiger partial charge >= 0.3 is 11.9 Å². The number of ketones is 1. The van der Waals surface area contributed by atoms with Crippen LogP contribution in [0, 0.1) is 11.3 Å². The summed E-state index contributed by atoms with van der Waals surface area (Å²) in [6.07, 6.45) is 2.88. The van der Waals surface area contributed by atoms with Crippen molar-refractivity contribution in [2.24, 2.45) is 11.3 Å². The fraction of sp³-hybridized carbons (Fsp3) is 0.682. The molecule has 0 saturated heterocycles. The fourth-order valence-electron chi connectivity index (χ4n) is 4.83. The summed E-state index contributed by atoms with van der Waals surface area (Å²) in [5.74, 6) is -0.838. The predicted molar refractivity (Wildman–Crippen MR) is 104 cm³/mol. The second-order valence-electron chi connectivity index (χ2n) is 8.83. The van der Waals surface area contributed by atoms with E-state index < -0.39 is 23.6 Å². The van der Waals surface area contributed by atoms with Crippen LogP contribution in [0.3, 0.4) is 0 Å². The van der Waals surface area contributed by atoms with Crippen molar-refractivity contribution < 1.29 is 29.0 Å². The van der Waals surface area contributed by atoms with Crippen molar-refractivity contribution >= 4 is 17.7 Å². The van der Waals surface area contributed by atoms with Gasteiger partial charge in [-0.3, -0.25) is 14.4 Å². The maximum absolute atomic E-state index is 12.7. The van der Waals surface area contributed by atoms with Crippen molar-refractivity contribution in [2.75, 3.05) is 0 Å². The average molecular weight is 392 g/mol. The molecule has 6 heteroatoms. The first-order valence-electron chi connectivity index (χ1n) is 9.83. The zero-order chi connectivity index (χ0) is 21.3. The highest BCUT2D eigenvalue weighted by atomic mass is 16.6. The van der Waals surface area contributed by atoms with E-state index in [0.29, 0.717) is 25.7 Å². The zero-order valence-electron chi connectivity index (χ0n) is 17.8. The summed E-state index contributed by atoms with van der Waals surface area (Å²) in [6.45, 7) is 10.6. The minimum Gasteiger partial charge on any atom is -0.513 e. The van der Waals surface area contributed by atoms with Crippen molar-refractivity contribution in [3.05, 3.63) is 23.0 Å². The molecule has 2 saturated carbocycles. The summed E-state index contributed by atoms with van der Waals surface area (Å²) in [5.41, 5.74) is 0.421. The summed E-state index contributed by atoms with van der Waals surface area (Å²) in [4.78, 5) is 36.9. The minimum atomic E-state index is -1.02. The van der Waals surface area contributed by atoms with Gasteiger partial charge in [-0.2, -0.15) is 0 Å². The molecule has 0 aromatic heterocycles. The lowest BCUT2D eigenvalue weighted by Crippen LogP contribution is -2.61. The van der Waals surface area contributed by atoms with E-state index in [1.165, 1.54) is 19.9 Å². The molecule has 0 aromatic rings. The van der Waals surface area contributed by atoms with Gasteiger partial charge in [-0.25, -0.2) is 0 Å². The van der Waals surface area contributed by atoms with Gasteiger partial charge in [0.1, 0.15) is 11.7 Å². The monoisotopic (exact) mass is 392 g/mol. The Morgan fingerprint density at radius 3 is 2.39 bits per heavy atom. The Morgan fingerprint density at radius 2 is 1.86 bits per heavy atom. The summed E-state index contributed by atoms with van der Waals surface area (Å²) in [6, 6.07) is 0. The molecule has 4 atom stereocenters. The van der Waals surface area contributed by atoms with Gasteiger partial charge in [-0.1, -0.05) is 12.5 Å². The van der Waals surface area contributed by atoms with Crippen LogP contribution < -0.4 is 0 Å². The Kier molecular flexibility index (Phi) is 6.41. The number of carbonyl (C=O) groups is 3. The molecular weight excluding hydrogens is 360 g/mol. The maximum Gasteiger partial charge on any atom is 0.310 e. The smallest absolute Gasteiger partial charge is 0.310 e. The Hall–Kier alpha value is -2.11. The van der Waals surface area contributed by atoms with Crippen molar-refractivity contribution in [3.63, 3.8) is 0 Å². The molecule has 0 spiro atoms. The average Bonchev–Trinajstić information content (AvgIpc) is 2.54. The molecule has 0 radical (unpaired) electrons. The molecule has 0 heterocycles. The number of allylic oxidation sites excluding steroid dienone is 3. The number of hydrogen-bond acceptors (Lipinski definition) is 6. The Morgan fingerprint density at radius 1 is 1.21 bits per heavy atom. The molecule has 2 aliphatic carbocycles. The van der Waals surface area contributed by atoms with Crippen LogP contribution in [0.5, 0.6) is 0 Å². The van der Waals surface area contributed by atoms with Crippen LogP contribution in [-0.2, 0) is 23.9 Å². The second-order valence-corrected chi connectivity index (χ2v) is 8.83. The number of fused-ring (bicyclic) bond motifs is 1. The third-order valence-corrected chi connectivity index (χ3v) is 6.26. The lowest BCUT2D eigenvalue weighted by atomic mass is 9.53. The number of hydrogen-bond donors (Lipinski definition) is 1. The molecule has 0 unspecified atom stereocenters. The summed E-state index contributed by atoms with van der Waals surface area (Å²) in [7, 11) is 0. The number of ether oxygens (including phenoxy) is 2. The van der Waals surface area contributed by atoms with Gasteiger partial charge in [0.05, 0.1) is 12.2 Å². The van der Waals surface area contributed by atoms with E-state index in [0.717, 1.165) is 11.1 Å². The van der Waals surface area contributed by atoms with Crippen LogP contribution in [0.1, 0.15) is 73.6 Å². The first-order valence-corrected chi connectivity index (χ1v) is 9.83. The topological polar surface area (TPSA) is 89.9 Å². The van der Waals surface area contributed by atoms with Crippen molar-refractivity contribution in [1.82, 2.24) is 0 Å². The van der Waals surface area contributed by atoms with Crippen LogP contribution in [0.2, 0.25) is 0 Å². The highest BCUT2D eigenvalue weighted by Crippen LogP contribution is 2.56. The Labute approximate surface area is 167 Å². The highest BCUT2D eigenvalue weighted by molar-refractivity contribution is 5.97. The number of aliphatic hydroxyl groups excluding tert-OH is 1. The highest BCUT2D eigenvalue weighted by Gasteiger charge is 2.60. The molecule has 6 nitrogen and oxygen atoms in total. The molecule has 2 aliphatic rings. The van der Waals surface area contributed by atoms with Crippen LogP contribution >= 0.6 is 0 Å². The zero-order valence-corrected chi connectivity index (χ0v) is 17.8. The van der Waals surface area contributed by atoms with E-state index in [1.807, 2.05) is 20.8 Å². The molecule has 0 aliphatic heterocycles. The van der Waals surface area contributed by atoms with E-state index in [-0.39, 0.29) is 29.3 Å². The largest absolute Gasteiger partial charge is 0.513 e. The second kappa shape index (κ2) is 8.10. The Bertz CT molecular complexity index is 725. The fourth-order valence-corrected chi connectivity index (χ4v) is 4.83. The van der Waals surface area contributed by atoms with Gasteiger partial charge in [0, 0.05) is 19.3 Å². The molecule has 1 N–H and O–H groups in total. The first kappa shape index (κ1) is 22.2. The van der Waals surface area contributed by atoms with Crippen molar-refractivity contribution in [3.8, 4) is 0 Å². The Balaban J connectivity index is 2.38. The molecule has 2 fully saturated rings. The summed E-state index contributed by atoms with van der Waals surface area (Å²) < 4.78 is 11.5. The lowest BCUT2D eigenvalue weighted by molar-refractivity contribution is -0.217. The molecule has 2 rings (SSSR count). The third kappa shape index (κ3) is 4.47. The van der Waals surface area contributed by atoms with Crippen molar-refractivity contribution in [1.29, 1.82) is 0 Å². The van der Waals surface area contributed by atoms with Gasteiger partial charge in [0.15, 0.2) is 5.78 Å². The quantitative estimate of drug-likeness (QED) is 0.438. The van der Waals surface area contributed by atoms with Gasteiger partial charge in [0.2, 0.25) is 0 Å². The SMILES string of the molecule is CC(=O)O[C@]1(C)[C@@H](OC(=O)C/C=C(/C)O)CC[C@]2(C)CC(=O)C(=C(C)C)C[C@H]21. The molecule has 0 bridgehead atoms. The number of aliphatic hydroxyl groups is 1. The van der Waals surface area contributed by atoms with E-state index in [9.17, 15) is 19.5 Å². The van der Waals surface area contributed by atoms with Crippen LogP contribution in [-0.4, -0.2) is 34.5 Å². The van der Waals surface area contributed by atoms with E-state index >= 15 is 0 Å². The summed E-state index contributed by atoms with van der Waals surface area (Å²) in [5, 5.41) is 9.27. The first-order chi connectivity index (χ1) is 12.9. The van der Waals surface area contributed by atoms with E-state index in [2.05, 4.69) is 6.92 Å². The third-order valence-electron chi connectivity index (χ3n) is 6.26. The summed E-state index contributed by atoms with van der Waals surface area (Å²) >= 11 is 0. The minimum absolute atomic E-state index is 0.0470. The number of esters is 2. The van der Waals surface area contributed by atoms with Crippen LogP contribution in [0.4, 0.5) is 0 Å². The van der Waals surface area contributed by atoms with Gasteiger partial charge in [0.25, 0.3) is 0 Å². The molecule has 0 amide bonds. The van der Waals surface area contributed by atoms with E-state index in [1.54, 1.807) is 0 Å². The predicted octanol–water partition coefficient (Wildman–Crippen LogP) is 4.19. The number of Topliss-reactive ketones (excluding diaryl/α,β-unsaturated/α-hetero) is 1. The molecular formula is C22H32O6.